The molecule has 6 rings (SSSR count). The van der Waals surface area contributed by atoms with Gasteiger partial charge in [-0.25, -0.2) is 0 Å². The predicted octanol–water partition coefficient (Wildman–Crippen LogP) is 4.82. The van der Waals surface area contributed by atoms with Crippen LogP contribution < -0.4 is 5.32 Å². The third-order valence-corrected chi connectivity index (χ3v) is 7.98. The van der Waals surface area contributed by atoms with Gasteiger partial charge in [-0.15, -0.1) is 0 Å². The maximum absolute atomic E-state index is 12.6. The second-order valence-electron chi connectivity index (χ2n) is 10.7. The number of piperidine rings is 1. The number of nitrogens with one attached hydrogen (secondary N) is 1. The molecule has 0 bridgehead atoms. The molecule has 3 aromatic carbocycles. The number of ether oxygens (including phenoxy) is 4. The summed E-state index contributed by atoms with van der Waals surface area (Å²) in [4.78, 5) is 15.0. The van der Waals surface area contributed by atoms with Crippen molar-refractivity contribution in [2.45, 2.75) is 50.2 Å². The van der Waals surface area contributed by atoms with Gasteiger partial charge in [-0.05, 0) is 35.4 Å². The van der Waals surface area contributed by atoms with Crippen LogP contribution in [0.4, 0.5) is 5.69 Å². The number of carbonyl (C=O) groups is 1. The summed E-state index contributed by atoms with van der Waals surface area (Å²) < 4.78 is 24.8. The molecule has 210 valence electrons. The molecule has 3 aliphatic heterocycles. The molecule has 0 aliphatic carbocycles. The number of hydrogen-bond donors (Lipinski definition) is 2. The maximum Gasteiger partial charge on any atom is 0.255 e. The molecule has 0 saturated carbocycles. The van der Waals surface area contributed by atoms with Gasteiger partial charge in [-0.3, -0.25) is 4.79 Å². The van der Waals surface area contributed by atoms with Crippen LogP contribution in [-0.2, 0) is 25.6 Å². The topological polar surface area (TPSA) is 89.5 Å². The summed E-state index contributed by atoms with van der Waals surface area (Å²) in [6, 6.07) is 24.7. The molecule has 0 aromatic heterocycles. The molecule has 1 amide bonds. The zero-order chi connectivity index (χ0) is 27.4. The molecule has 3 saturated heterocycles. The molecule has 3 atom stereocenters. The molecular formula is C32H36N2O6. The molecule has 0 radical (unpaired) electrons. The molecule has 8 heteroatoms. The van der Waals surface area contributed by atoms with Crippen molar-refractivity contribution in [3.05, 3.63) is 101 Å². The summed E-state index contributed by atoms with van der Waals surface area (Å²) in [7, 11) is 0. The number of nitrogens with zero attached hydrogens (tertiary/aromatic N) is 1. The van der Waals surface area contributed by atoms with Crippen molar-refractivity contribution in [3.63, 3.8) is 0 Å². The van der Waals surface area contributed by atoms with Crippen molar-refractivity contribution in [1.82, 2.24) is 4.90 Å². The van der Waals surface area contributed by atoms with E-state index in [1.165, 1.54) is 0 Å². The number of likely N-dealkylation sites (tertiary alicyclic amines) is 1. The largest absolute Gasteiger partial charge is 0.392 e. The van der Waals surface area contributed by atoms with Crippen molar-refractivity contribution >= 4 is 11.6 Å². The molecule has 1 spiro atoms. The Kier molecular flexibility index (Phi) is 8.25. The van der Waals surface area contributed by atoms with Gasteiger partial charge in [0.15, 0.2) is 12.1 Å². The van der Waals surface area contributed by atoms with Crippen LogP contribution in [0.2, 0.25) is 0 Å². The quantitative estimate of drug-likeness (QED) is 0.441. The Morgan fingerprint density at radius 2 is 1.55 bits per heavy atom. The predicted molar refractivity (Wildman–Crippen MR) is 150 cm³/mol. The number of hydrogen-bond acceptors (Lipinski definition) is 7. The van der Waals surface area contributed by atoms with E-state index in [1.807, 2.05) is 66.7 Å². The molecular weight excluding hydrogens is 508 g/mol. The Bertz CT molecular complexity index is 1250. The SMILES string of the molecule is O=C(Nc1ccc(C2OC(CN3CCC4(CC3)OCCO4)CC(c3ccc(CO)cc3)O2)cc1)c1ccccc1. The molecule has 3 unspecified atom stereocenters. The first-order valence-electron chi connectivity index (χ1n) is 14.1. The number of aliphatic hydroxyl groups excluding tert-OH is 1. The van der Waals surface area contributed by atoms with E-state index >= 15 is 0 Å². The minimum atomic E-state index is -0.544. The Morgan fingerprint density at radius 1 is 0.875 bits per heavy atom. The highest BCUT2D eigenvalue weighted by atomic mass is 16.7. The maximum atomic E-state index is 12.6. The van der Waals surface area contributed by atoms with Crippen LogP contribution in [0.5, 0.6) is 0 Å². The van der Waals surface area contributed by atoms with Gasteiger partial charge in [-0.2, -0.15) is 0 Å². The monoisotopic (exact) mass is 544 g/mol. The van der Waals surface area contributed by atoms with Crippen LogP contribution in [0, 0.1) is 0 Å². The Labute approximate surface area is 234 Å². The standard InChI is InChI=1S/C32H36N2O6/c35-22-23-6-8-24(9-7-23)29-20-28(21-34-16-14-32(15-17-34)37-18-19-38-32)39-31(40-29)26-10-12-27(13-11-26)33-30(36)25-4-2-1-3-5-25/h1-13,28-29,31,35H,14-22H2,(H,33,36). The molecule has 8 nitrogen and oxygen atoms in total. The van der Waals surface area contributed by atoms with Gasteiger partial charge < -0.3 is 34.3 Å². The van der Waals surface area contributed by atoms with Crippen molar-refractivity contribution in [2.75, 3.05) is 38.2 Å². The summed E-state index contributed by atoms with van der Waals surface area (Å²) in [5, 5.41) is 12.4. The first-order valence-corrected chi connectivity index (χ1v) is 14.1. The number of benzene rings is 3. The lowest BCUT2D eigenvalue weighted by molar-refractivity contribution is -0.255. The van der Waals surface area contributed by atoms with E-state index in [2.05, 4.69) is 10.2 Å². The first-order chi connectivity index (χ1) is 19.6. The van der Waals surface area contributed by atoms with Gasteiger partial charge in [0.05, 0.1) is 32.0 Å². The van der Waals surface area contributed by atoms with Crippen LogP contribution >= 0.6 is 0 Å². The van der Waals surface area contributed by atoms with E-state index in [9.17, 15) is 9.90 Å². The number of anilines is 1. The van der Waals surface area contributed by atoms with Gasteiger partial charge in [0, 0.05) is 55.7 Å². The van der Waals surface area contributed by atoms with Crippen molar-refractivity contribution in [3.8, 4) is 0 Å². The third kappa shape index (κ3) is 6.28. The average molecular weight is 545 g/mol. The van der Waals surface area contributed by atoms with E-state index in [0.717, 1.165) is 55.6 Å². The van der Waals surface area contributed by atoms with Crippen LogP contribution in [0.3, 0.4) is 0 Å². The minimum absolute atomic E-state index is 0.0111. The molecule has 3 heterocycles. The third-order valence-electron chi connectivity index (χ3n) is 7.98. The van der Waals surface area contributed by atoms with Gasteiger partial charge >= 0.3 is 0 Å². The molecule has 3 fully saturated rings. The van der Waals surface area contributed by atoms with Crippen molar-refractivity contribution in [1.29, 1.82) is 0 Å². The van der Waals surface area contributed by atoms with E-state index < -0.39 is 12.1 Å². The summed E-state index contributed by atoms with van der Waals surface area (Å²) in [6.07, 6.45) is 1.74. The van der Waals surface area contributed by atoms with E-state index in [4.69, 9.17) is 18.9 Å². The van der Waals surface area contributed by atoms with Crippen LogP contribution in [-0.4, -0.2) is 60.7 Å². The number of amides is 1. The van der Waals surface area contributed by atoms with E-state index in [0.29, 0.717) is 24.5 Å². The normalized spacial score (nSPS) is 24.7. The molecule has 2 N–H and O–H groups in total. The smallest absolute Gasteiger partial charge is 0.255 e. The second kappa shape index (κ2) is 12.2. The number of rotatable bonds is 7. The lowest BCUT2D eigenvalue weighted by Crippen LogP contribution is -2.48. The first kappa shape index (κ1) is 27.1. The fourth-order valence-electron chi connectivity index (χ4n) is 5.70. The van der Waals surface area contributed by atoms with Gasteiger partial charge in [-0.1, -0.05) is 54.6 Å². The highest BCUT2D eigenvalue weighted by molar-refractivity contribution is 6.04. The van der Waals surface area contributed by atoms with Gasteiger partial charge in [0.2, 0.25) is 0 Å². The molecule has 40 heavy (non-hydrogen) atoms. The van der Waals surface area contributed by atoms with Crippen LogP contribution in [0.25, 0.3) is 0 Å². The fourth-order valence-corrected chi connectivity index (χ4v) is 5.70. The Morgan fingerprint density at radius 3 is 2.23 bits per heavy atom. The van der Waals surface area contributed by atoms with Gasteiger partial charge in [0.25, 0.3) is 5.91 Å². The molecule has 3 aromatic rings. The highest BCUT2D eigenvalue weighted by Crippen LogP contribution is 2.39. The zero-order valence-electron chi connectivity index (χ0n) is 22.5. The minimum Gasteiger partial charge on any atom is -0.392 e. The Balaban J connectivity index is 1.15. The van der Waals surface area contributed by atoms with E-state index in [-0.39, 0.29) is 24.7 Å². The zero-order valence-corrected chi connectivity index (χ0v) is 22.5. The fraction of sp³-hybridized carbons (Fsp3) is 0.406. The Hall–Kier alpha value is -3.11. The van der Waals surface area contributed by atoms with E-state index in [1.54, 1.807) is 12.1 Å². The van der Waals surface area contributed by atoms with Crippen LogP contribution in [0.1, 0.15) is 58.7 Å². The van der Waals surface area contributed by atoms with Crippen LogP contribution in [0.15, 0.2) is 78.9 Å². The summed E-state index contributed by atoms with van der Waals surface area (Å²) in [6.45, 7) is 3.96. The lowest BCUT2D eigenvalue weighted by Gasteiger charge is -2.41. The molecule has 3 aliphatic rings. The van der Waals surface area contributed by atoms with Crippen molar-refractivity contribution < 1.29 is 28.8 Å². The number of carbonyl (C=O) groups excluding carboxylic acids is 1. The second-order valence-corrected chi connectivity index (χ2v) is 10.7. The average Bonchev–Trinajstić information content (AvgIpc) is 3.47. The summed E-state index contributed by atoms with van der Waals surface area (Å²) in [5.74, 6) is -0.550. The highest BCUT2D eigenvalue weighted by Gasteiger charge is 2.41. The van der Waals surface area contributed by atoms with Gasteiger partial charge in [0.1, 0.15) is 0 Å². The summed E-state index contributed by atoms with van der Waals surface area (Å²) >= 11 is 0. The lowest BCUT2D eigenvalue weighted by atomic mass is 9.98. The summed E-state index contributed by atoms with van der Waals surface area (Å²) in [5.41, 5.74) is 4.14. The van der Waals surface area contributed by atoms with Crippen molar-refractivity contribution in [2.24, 2.45) is 0 Å². The number of aliphatic hydroxyl groups is 1.